The molecule has 6 atom stereocenters. The highest BCUT2D eigenvalue weighted by Gasteiger charge is 2.58. The van der Waals surface area contributed by atoms with Crippen LogP contribution in [0.2, 0.25) is 0 Å². The number of rotatable bonds is 11. The molecule has 0 radical (unpaired) electrons. The fourth-order valence-electron chi connectivity index (χ4n) is 6.06. The van der Waals surface area contributed by atoms with Crippen LogP contribution in [0.15, 0.2) is 12.2 Å². The lowest BCUT2D eigenvalue weighted by molar-refractivity contribution is -0.143. The lowest BCUT2D eigenvalue weighted by Crippen LogP contribution is -2.53. The summed E-state index contributed by atoms with van der Waals surface area (Å²) in [7, 11) is 1.60. The van der Waals surface area contributed by atoms with E-state index >= 15 is 0 Å². The van der Waals surface area contributed by atoms with Crippen molar-refractivity contribution in [3.05, 3.63) is 12.2 Å². The molecule has 198 valence electrons. The van der Waals surface area contributed by atoms with Crippen LogP contribution in [0.25, 0.3) is 0 Å². The molecule has 3 rings (SSSR count). The van der Waals surface area contributed by atoms with Gasteiger partial charge in [-0.1, -0.05) is 39.3 Å². The number of fused-ring (bicyclic) bond motifs is 1. The maximum Gasteiger partial charge on any atom is 0.243 e. The molecule has 0 aromatic carbocycles. The van der Waals surface area contributed by atoms with Crippen molar-refractivity contribution in [2.24, 2.45) is 29.6 Å². The van der Waals surface area contributed by atoms with Gasteiger partial charge in [-0.05, 0) is 24.7 Å². The van der Waals surface area contributed by atoms with Gasteiger partial charge in [0, 0.05) is 39.1 Å². The first-order valence-corrected chi connectivity index (χ1v) is 13.2. The van der Waals surface area contributed by atoms with Gasteiger partial charge in [-0.15, -0.1) is 0 Å². The quantitative estimate of drug-likeness (QED) is 0.365. The summed E-state index contributed by atoms with van der Waals surface area (Å²) in [6, 6.07) is -1.20. The number of morpholine rings is 1. The Morgan fingerprint density at radius 2 is 1.91 bits per heavy atom. The van der Waals surface area contributed by atoms with Crippen molar-refractivity contribution in [1.29, 1.82) is 0 Å². The number of hydrogen-bond acceptors (Lipinski definition) is 6. The zero-order valence-electron chi connectivity index (χ0n) is 21.7. The van der Waals surface area contributed by atoms with Crippen molar-refractivity contribution in [3.63, 3.8) is 0 Å². The summed E-state index contributed by atoms with van der Waals surface area (Å²) in [4.78, 5) is 44.4. The van der Waals surface area contributed by atoms with Crippen LogP contribution in [0.4, 0.5) is 0 Å². The molecule has 35 heavy (non-hydrogen) atoms. The number of ether oxygens (including phenoxy) is 1. The van der Waals surface area contributed by atoms with Gasteiger partial charge < -0.3 is 25.4 Å². The van der Waals surface area contributed by atoms with Crippen LogP contribution in [0.1, 0.15) is 40.0 Å². The van der Waals surface area contributed by atoms with E-state index in [1.807, 2.05) is 26.0 Å². The Morgan fingerprint density at radius 3 is 2.51 bits per heavy atom. The Balaban J connectivity index is 1.88. The maximum atomic E-state index is 13.9. The van der Waals surface area contributed by atoms with Crippen molar-refractivity contribution in [3.8, 4) is 0 Å². The lowest BCUT2D eigenvalue weighted by atomic mass is 9.68. The average molecular weight is 493 g/mol. The zero-order valence-corrected chi connectivity index (χ0v) is 21.7. The van der Waals surface area contributed by atoms with E-state index in [0.717, 1.165) is 25.9 Å². The number of allylic oxidation sites excluding steroid dienone is 1. The van der Waals surface area contributed by atoms with E-state index < -0.39 is 29.8 Å². The van der Waals surface area contributed by atoms with Gasteiger partial charge in [0.15, 0.2) is 0 Å². The number of aliphatic hydroxyl groups is 1. The Bertz CT molecular complexity index is 767. The summed E-state index contributed by atoms with van der Waals surface area (Å²) < 4.78 is 5.39. The number of nitrogens with one attached hydrogen (secondary N) is 2. The molecule has 3 N–H and O–H groups in total. The zero-order chi connectivity index (χ0) is 25.5. The highest BCUT2D eigenvalue weighted by Crippen LogP contribution is 2.46. The number of amides is 3. The molecule has 3 amide bonds. The summed E-state index contributed by atoms with van der Waals surface area (Å²) in [5, 5.41) is 16.1. The lowest BCUT2D eigenvalue weighted by Gasteiger charge is -2.35. The minimum absolute atomic E-state index is 0.0483. The average Bonchev–Trinajstić information content (AvgIpc) is 3.15. The molecule has 0 spiro atoms. The highest BCUT2D eigenvalue weighted by molar-refractivity contribution is 5.97. The first-order chi connectivity index (χ1) is 16.8. The number of carbonyl (C=O) groups excluding carboxylic acids is 3. The number of aliphatic hydroxyl groups excluding tert-OH is 1. The minimum atomic E-state index is -0.737. The van der Waals surface area contributed by atoms with Crippen molar-refractivity contribution in [2.45, 2.75) is 52.1 Å². The van der Waals surface area contributed by atoms with Crippen LogP contribution in [-0.2, 0) is 19.1 Å². The van der Waals surface area contributed by atoms with Crippen molar-refractivity contribution >= 4 is 17.7 Å². The Hall–Kier alpha value is -1.97. The van der Waals surface area contributed by atoms with Gasteiger partial charge in [0.25, 0.3) is 0 Å². The molecule has 0 bridgehead atoms. The van der Waals surface area contributed by atoms with Gasteiger partial charge in [0.2, 0.25) is 17.7 Å². The first kappa shape index (κ1) is 27.6. The Kier molecular flexibility index (Phi) is 10.1. The van der Waals surface area contributed by atoms with Crippen LogP contribution < -0.4 is 10.6 Å². The number of carbonyl (C=O) groups is 3. The second-order valence-electron chi connectivity index (χ2n) is 10.5. The van der Waals surface area contributed by atoms with E-state index in [2.05, 4.69) is 22.5 Å². The van der Waals surface area contributed by atoms with Gasteiger partial charge in [-0.25, -0.2) is 0 Å². The van der Waals surface area contributed by atoms with E-state index in [0.29, 0.717) is 32.7 Å². The van der Waals surface area contributed by atoms with Gasteiger partial charge in [0.1, 0.15) is 6.04 Å². The topological polar surface area (TPSA) is 111 Å². The molecule has 2 aliphatic heterocycles. The molecule has 1 aliphatic carbocycles. The molecular formula is C26H44N4O5. The van der Waals surface area contributed by atoms with Gasteiger partial charge >= 0.3 is 0 Å². The number of likely N-dealkylation sites (tertiary alicyclic amines) is 1. The van der Waals surface area contributed by atoms with E-state index in [-0.39, 0.29) is 36.2 Å². The maximum absolute atomic E-state index is 13.9. The molecule has 0 aromatic heterocycles. The smallest absolute Gasteiger partial charge is 0.243 e. The molecule has 2 fully saturated rings. The van der Waals surface area contributed by atoms with Gasteiger partial charge in [-0.3, -0.25) is 19.3 Å². The van der Waals surface area contributed by atoms with Crippen LogP contribution in [-0.4, -0.2) is 97.8 Å². The molecule has 2 heterocycles. The standard InChI is InChI=1S/C26H44N4O5/c1-5-6-18-7-8-20-22(21(18)24(32)27-4)26(34)30(19(16-31)15-17(2)3)23(20)25(33)28-9-10-29-11-13-35-14-12-29/h7-8,17-23,31H,5-6,9-16H2,1-4H3,(H,27,32)(H,28,33)/t18-,19-,20+,21-,22-,23+/m1/s1. The fraction of sp³-hybridized carbons (Fsp3) is 0.808. The second-order valence-corrected chi connectivity index (χ2v) is 10.5. The summed E-state index contributed by atoms with van der Waals surface area (Å²) in [5.41, 5.74) is 0. The van der Waals surface area contributed by atoms with Crippen LogP contribution in [0.3, 0.4) is 0 Å². The second kappa shape index (κ2) is 12.8. The predicted molar refractivity (Wildman–Crippen MR) is 133 cm³/mol. The van der Waals surface area contributed by atoms with Crippen molar-refractivity contribution in [1.82, 2.24) is 20.4 Å². The third-order valence-electron chi connectivity index (χ3n) is 7.67. The first-order valence-electron chi connectivity index (χ1n) is 13.2. The Labute approximate surface area is 209 Å². The van der Waals surface area contributed by atoms with Gasteiger partial charge in [-0.2, -0.15) is 0 Å². The number of nitrogens with zero attached hydrogens (tertiary/aromatic N) is 2. The van der Waals surface area contributed by atoms with Crippen LogP contribution in [0, 0.1) is 29.6 Å². The Morgan fingerprint density at radius 1 is 1.20 bits per heavy atom. The van der Waals surface area contributed by atoms with Crippen molar-refractivity contribution in [2.75, 3.05) is 53.0 Å². The summed E-state index contributed by atoms with van der Waals surface area (Å²) in [6.07, 6.45) is 6.31. The van der Waals surface area contributed by atoms with Crippen LogP contribution >= 0.6 is 0 Å². The summed E-state index contributed by atoms with van der Waals surface area (Å²) in [5.74, 6) is -1.89. The van der Waals surface area contributed by atoms with Crippen LogP contribution in [0.5, 0.6) is 0 Å². The molecule has 9 nitrogen and oxygen atoms in total. The third kappa shape index (κ3) is 6.24. The normalized spacial score (nSPS) is 29.8. The van der Waals surface area contributed by atoms with Gasteiger partial charge in [0.05, 0.1) is 37.7 Å². The monoisotopic (exact) mass is 492 g/mol. The predicted octanol–water partition coefficient (Wildman–Crippen LogP) is 0.633. The summed E-state index contributed by atoms with van der Waals surface area (Å²) >= 11 is 0. The van der Waals surface area contributed by atoms with E-state index in [1.54, 1.807) is 11.9 Å². The third-order valence-corrected chi connectivity index (χ3v) is 7.67. The molecule has 0 saturated carbocycles. The van der Waals surface area contributed by atoms with Crippen molar-refractivity contribution < 1.29 is 24.2 Å². The molecule has 0 aromatic rings. The molecular weight excluding hydrogens is 448 g/mol. The van der Waals surface area contributed by atoms with E-state index in [4.69, 9.17) is 4.74 Å². The van der Waals surface area contributed by atoms with E-state index in [9.17, 15) is 19.5 Å². The summed E-state index contributed by atoms with van der Waals surface area (Å²) in [6.45, 7) is 10.2. The SMILES string of the molecule is CCC[C@@H]1C=C[C@H]2[C@@H](C(=O)N([C@@H](CO)CC(C)C)[C@@H]2C(=O)NCCN2CCOCC2)[C@@H]1C(=O)NC. The largest absolute Gasteiger partial charge is 0.394 e. The molecule has 3 aliphatic rings. The number of hydrogen-bond donors (Lipinski definition) is 3. The molecule has 2 saturated heterocycles. The minimum Gasteiger partial charge on any atom is -0.394 e. The molecule has 9 heteroatoms. The molecule has 0 unspecified atom stereocenters. The van der Waals surface area contributed by atoms with E-state index in [1.165, 1.54) is 0 Å². The fourth-order valence-corrected chi connectivity index (χ4v) is 6.06. The highest BCUT2D eigenvalue weighted by atomic mass is 16.5.